The highest BCUT2D eigenvalue weighted by molar-refractivity contribution is 6.32. The van der Waals surface area contributed by atoms with Crippen molar-refractivity contribution >= 4 is 29.4 Å². The average molecular weight is 416 g/mol. The molecule has 1 rings (SSSR count). The van der Waals surface area contributed by atoms with Gasteiger partial charge in [-0.25, -0.2) is 14.0 Å². The van der Waals surface area contributed by atoms with E-state index in [0.717, 1.165) is 6.07 Å². The summed E-state index contributed by atoms with van der Waals surface area (Å²) in [6, 6.07) is 2.29. The summed E-state index contributed by atoms with van der Waals surface area (Å²) in [6.45, 7) is 10.9. The summed E-state index contributed by atoms with van der Waals surface area (Å²) in [5, 5.41) is 2.34. The number of nitrogens with one attached hydrogen (secondary N) is 1. The number of amides is 1. The number of ether oxygens (including phenoxy) is 3. The van der Waals surface area contributed by atoms with Crippen LogP contribution in [-0.2, 0) is 14.3 Å². The molecule has 1 aromatic carbocycles. The Morgan fingerprint density at radius 3 is 2.43 bits per heavy atom. The zero-order valence-corrected chi connectivity index (χ0v) is 17.7. The molecular formula is C20H27ClFNO5. The van der Waals surface area contributed by atoms with E-state index in [1.54, 1.807) is 33.8 Å². The molecule has 1 aromatic rings. The number of rotatable bonds is 8. The number of esters is 1. The summed E-state index contributed by atoms with van der Waals surface area (Å²) in [6.07, 6.45) is -0.804. The zero-order chi connectivity index (χ0) is 21.4. The predicted octanol–water partition coefficient (Wildman–Crippen LogP) is 5.35. The van der Waals surface area contributed by atoms with E-state index < -0.39 is 24.0 Å². The molecule has 1 atom stereocenters. The van der Waals surface area contributed by atoms with Crippen LogP contribution < -0.4 is 10.1 Å². The molecule has 1 amide bonds. The monoisotopic (exact) mass is 415 g/mol. The standard InChI is InChI=1S/C20H27ClFNO5/c1-7-13(6)18(19(24)26-10-11(2)3)28-20(25)23-16-9-17(27-12(4)5)14(21)8-15(16)22/h7-9,11-12,18H,10H2,1-6H3,(H,23,25). The minimum Gasteiger partial charge on any atom is -0.489 e. The van der Waals surface area contributed by atoms with Gasteiger partial charge in [0.05, 0.1) is 23.4 Å². The number of carbonyl (C=O) groups is 2. The zero-order valence-electron chi connectivity index (χ0n) is 17.0. The maximum atomic E-state index is 14.1. The average Bonchev–Trinajstić information content (AvgIpc) is 2.60. The van der Waals surface area contributed by atoms with E-state index in [2.05, 4.69) is 5.32 Å². The van der Waals surface area contributed by atoms with Crippen molar-refractivity contribution in [3.05, 3.63) is 34.6 Å². The first-order chi connectivity index (χ1) is 13.0. The Kier molecular flexibility index (Phi) is 9.25. The van der Waals surface area contributed by atoms with Crippen molar-refractivity contribution in [2.45, 2.75) is 53.8 Å². The number of allylic oxidation sites excluding steroid dienone is 1. The molecule has 0 saturated carbocycles. The molecule has 1 unspecified atom stereocenters. The van der Waals surface area contributed by atoms with Crippen LogP contribution in [0.1, 0.15) is 41.5 Å². The Morgan fingerprint density at radius 2 is 1.89 bits per heavy atom. The van der Waals surface area contributed by atoms with E-state index >= 15 is 0 Å². The molecule has 1 N–H and O–H groups in total. The lowest BCUT2D eigenvalue weighted by Gasteiger charge is -2.19. The van der Waals surface area contributed by atoms with Gasteiger partial charge < -0.3 is 14.2 Å². The number of anilines is 1. The fraction of sp³-hybridized carbons (Fsp3) is 0.500. The Morgan fingerprint density at radius 1 is 1.25 bits per heavy atom. The summed E-state index contributed by atoms with van der Waals surface area (Å²) in [7, 11) is 0. The molecule has 0 aliphatic heterocycles. The van der Waals surface area contributed by atoms with Gasteiger partial charge in [-0.2, -0.15) is 0 Å². The minimum absolute atomic E-state index is 0.0741. The predicted molar refractivity (Wildman–Crippen MR) is 106 cm³/mol. The summed E-state index contributed by atoms with van der Waals surface area (Å²) < 4.78 is 29.9. The van der Waals surface area contributed by atoms with E-state index in [9.17, 15) is 14.0 Å². The molecule has 0 aliphatic carbocycles. The largest absolute Gasteiger partial charge is 0.489 e. The highest BCUT2D eigenvalue weighted by Crippen LogP contribution is 2.31. The SMILES string of the molecule is CC=C(C)C(OC(=O)Nc1cc(OC(C)C)c(Cl)cc1F)C(=O)OCC(C)C. The fourth-order valence-electron chi connectivity index (χ4n) is 2.02. The Labute approximate surface area is 170 Å². The first-order valence-electron chi connectivity index (χ1n) is 8.97. The summed E-state index contributed by atoms with van der Waals surface area (Å²) in [5.41, 5.74) is 0.307. The Bertz CT molecular complexity index is 734. The summed E-state index contributed by atoms with van der Waals surface area (Å²) in [5.74, 6) is -1.11. The molecule has 0 aromatic heterocycles. The second-order valence-corrected chi connectivity index (χ2v) is 7.30. The van der Waals surface area contributed by atoms with Crippen LogP contribution in [0.4, 0.5) is 14.9 Å². The smallest absolute Gasteiger partial charge is 0.412 e. The van der Waals surface area contributed by atoms with Gasteiger partial charge in [0.1, 0.15) is 11.6 Å². The number of hydrogen-bond donors (Lipinski definition) is 1. The molecule has 0 radical (unpaired) electrons. The van der Waals surface area contributed by atoms with Gasteiger partial charge in [-0.3, -0.25) is 5.32 Å². The van der Waals surface area contributed by atoms with Gasteiger partial charge in [-0.15, -0.1) is 0 Å². The first kappa shape index (κ1) is 23.8. The van der Waals surface area contributed by atoms with Crippen molar-refractivity contribution < 1.29 is 28.2 Å². The third-order valence-corrected chi connectivity index (χ3v) is 3.78. The van der Waals surface area contributed by atoms with Crippen molar-refractivity contribution in [2.24, 2.45) is 5.92 Å². The molecule has 0 saturated heterocycles. The first-order valence-corrected chi connectivity index (χ1v) is 9.35. The van der Waals surface area contributed by atoms with Crippen molar-refractivity contribution in [2.75, 3.05) is 11.9 Å². The van der Waals surface area contributed by atoms with Crippen LogP contribution in [0.3, 0.4) is 0 Å². The van der Waals surface area contributed by atoms with Crippen LogP contribution in [0.15, 0.2) is 23.8 Å². The summed E-state index contributed by atoms with van der Waals surface area (Å²) >= 11 is 5.95. The lowest BCUT2D eigenvalue weighted by atomic mass is 10.1. The number of benzene rings is 1. The highest BCUT2D eigenvalue weighted by atomic mass is 35.5. The topological polar surface area (TPSA) is 73.9 Å². The molecule has 0 bridgehead atoms. The molecule has 28 heavy (non-hydrogen) atoms. The van der Waals surface area contributed by atoms with Crippen LogP contribution in [0.25, 0.3) is 0 Å². The summed E-state index contributed by atoms with van der Waals surface area (Å²) in [4.78, 5) is 24.5. The van der Waals surface area contributed by atoms with Gasteiger partial charge in [0.15, 0.2) is 0 Å². The van der Waals surface area contributed by atoms with Gasteiger partial charge in [0.25, 0.3) is 0 Å². The van der Waals surface area contributed by atoms with E-state index in [-0.39, 0.29) is 35.1 Å². The molecule has 6 nitrogen and oxygen atoms in total. The molecule has 0 aliphatic rings. The van der Waals surface area contributed by atoms with Crippen molar-refractivity contribution in [3.8, 4) is 5.75 Å². The van der Waals surface area contributed by atoms with Crippen molar-refractivity contribution in [3.63, 3.8) is 0 Å². The van der Waals surface area contributed by atoms with Crippen LogP contribution in [0.2, 0.25) is 5.02 Å². The second-order valence-electron chi connectivity index (χ2n) is 6.90. The lowest BCUT2D eigenvalue weighted by molar-refractivity contribution is -0.152. The van der Waals surface area contributed by atoms with Crippen LogP contribution >= 0.6 is 11.6 Å². The van der Waals surface area contributed by atoms with Gasteiger partial charge >= 0.3 is 12.1 Å². The van der Waals surface area contributed by atoms with E-state index in [1.165, 1.54) is 6.07 Å². The molecule has 156 valence electrons. The lowest BCUT2D eigenvalue weighted by Crippen LogP contribution is -2.33. The van der Waals surface area contributed by atoms with Crippen LogP contribution in [-0.4, -0.2) is 30.9 Å². The fourth-order valence-corrected chi connectivity index (χ4v) is 2.21. The maximum Gasteiger partial charge on any atom is 0.412 e. The number of carbonyl (C=O) groups excluding carboxylic acids is 2. The highest BCUT2D eigenvalue weighted by Gasteiger charge is 2.27. The van der Waals surface area contributed by atoms with Crippen molar-refractivity contribution in [1.82, 2.24) is 0 Å². The second kappa shape index (κ2) is 10.9. The third kappa shape index (κ3) is 7.38. The molecule has 0 spiro atoms. The number of hydrogen-bond acceptors (Lipinski definition) is 5. The third-order valence-electron chi connectivity index (χ3n) is 3.49. The van der Waals surface area contributed by atoms with Gasteiger partial charge in [0.2, 0.25) is 6.10 Å². The van der Waals surface area contributed by atoms with E-state index in [1.807, 2.05) is 13.8 Å². The Balaban J connectivity index is 2.94. The quantitative estimate of drug-likeness (QED) is 0.457. The van der Waals surface area contributed by atoms with Crippen LogP contribution in [0.5, 0.6) is 5.75 Å². The van der Waals surface area contributed by atoms with E-state index in [0.29, 0.717) is 5.57 Å². The van der Waals surface area contributed by atoms with Crippen LogP contribution in [0, 0.1) is 11.7 Å². The minimum atomic E-state index is -1.23. The van der Waals surface area contributed by atoms with E-state index in [4.69, 9.17) is 25.8 Å². The number of halogens is 2. The molecule has 0 fully saturated rings. The molecular weight excluding hydrogens is 389 g/mol. The van der Waals surface area contributed by atoms with Gasteiger partial charge in [-0.05, 0) is 45.3 Å². The molecule has 8 heteroatoms. The molecule has 0 heterocycles. The van der Waals surface area contributed by atoms with Gasteiger partial charge in [-0.1, -0.05) is 31.5 Å². The maximum absolute atomic E-state index is 14.1. The van der Waals surface area contributed by atoms with Crippen molar-refractivity contribution in [1.29, 1.82) is 0 Å². The normalized spacial score (nSPS) is 12.7. The van der Waals surface area contributed by atoms with Gasteiger partial charge in [0, 0.05) is 6.07 Å². The Hall–Kier alpha value is -2.28.